The van der Waals surface area contributed by atoms with Gasteiger partial charge in [-0.1, -0.05) is 6.07 Å². The molecule has 21 heavy (non-hydrogen) atoms. The highest BCUT2D eigenvalue weighted by Crippen LogP contribution is 2.33. The van der Waals surface area contributed by atoms with Crippen LogP contribution in [0, 0.1) is 5.92 Å². The van der Waals surface area contributed by atoms with Crippen LogP contribution in [0.4, 0.5) is 0 Å². The molecule has 0 aromatic carbocycles. The molecular formula is C16H22N4O. The summed E-state index contributed by atoms with van der Waals surface area (Å²) in [4.78, 5) is 4.33. The fourth-order valence-electron chi connectivity index (χ4n) is 2.80. The summed E-state index contributed by atoms with van der Waals surface area (Å²) in [5.74, 6) is 0.503. The van der Waals surface area contributed by atoms with Gasteiger partial charge in [0.2, 0.25) is 0 Å². The number of hydrogen-bond donors (Lipinski definition) is 1. The maximum Gasteiger partial charge on any atom is 0.0896 e. The van der Waals surface area contributed by atoms with Gasteiger partial charge in [0.05, 0.1) is 18.0 Å². The van der Waals surface area contributed by atoms with Crippen molar-refractivity contribution in [3.05, 3.63) is 48.0 Å². The van der Waals surface area contributed by atoms with Crippen molar-refractivity contribution in [2.75, 3.05) is 13.2 Å². The minimum absolute atomic E-state index is 0.168. The van der Waals surface area contributed by atoms with Crippen molar-refractivity contribution in [2.24, 2.45) is 5.92 Å². The number of pyridine rings is 1. The van der Waals surface area contributed by atoms with Crippen LogP contribution < -0.4 is 5.32 Å². The highest BCUT2D eigenvalue weighted by molar-refractivity contribution is 5.11. The molecule has 0 saturated carbocycles. The van der Waals surface area contributed by atoms with Crippen LogP contribution in [0.1, 0.15) is 30.7 Å². The first kappa shape index (κ1) is 14.2. The Morgan fingerprint density at radius 2 is 2.38 bits per heavy atom. The van der Waals surface area contributed by atoms with Crippen LogP contribution in [0.2, 0.25) is 0 Å². The highest BCUT2D eigenvalue weighted by Gasteiger charge is 2.30. The monoisotopic (exact) mass is 286 g/mol. The summed E-state index contributed by atoms with van der Waals surface area (Å²) >= 11 is 0. The molecule has 1 N–H and O–H groups in total. The van der Waals surface area contributed by atoms with E-state index in [9.17, 15) is 0 Å². The smallest absolute Gasteiger partial charge is 0.0896 e. The lowest BCUT2D eigenvalue weighted by Gasteiger charge is -2.17. The second kappa shape index (κ2) is 6.83. The maximum absolute atomic E-state index is 5.90. The number of aromatic nitrogens is 3. The molecule has 0 radical (unpaired) electrons. The van der Waals surface area contributed by atoms with Gasteiger partial charge >= 0.3 is 0 Å². The van der Waals surface area contributed by atoms with Crippen LogP contribution in [0.25, 0.3) is 0 Å². The Kier molecular flexibility index (Phi) is 4.62. The summed E-state index contributed by atoms with van der Waals surface area (Å²) in [6.45, 7) is 5.57. The molecule has 1 aliphatic heterocycles. The normalized spacial score (nSPS) is 21.8. The molecule has 1 fully saturated rings. The first-order chi connectivity index (χ1) is 10.4. The molecule has 1 aliphatic rings. The third kappa shape index (κ3) is 3.49. The van der Waals surface area contributed by atoms with E-state index >= 15 is 0 Å². The third-order valence-corrected chi connectivity index (χ3v) is 3.96. The van der Waals surface area contributed by atoms with E-state index in [0.29, 0.717) is 5.92 Å². The first-order valence-corrected chi connectivity index (χ1v) is 7.61. The number of hydrogen-bond acceptors (Lipinski definition) is 4. The molecule has 3 rings (SSSR count). The van der Waals surface area contributed by atoms with Crippen LogP contribution in [0.5, 0.6) is 0 Å². The molecule has 2 aromatic rings. The zero-order valence-corrected chi connectivity index (χ0v) is 12.4. The van der Waals surface area contributed by atoms with Crippen molar-refractivity contribution in [3.63, 3.8) is 0 Å². The largest absolute Gasteiger partial charge is 0.373 e. The van der Waals surface area contributed by atoms with Gasteiger partial charge < -0.3 is 10.1 Å². The van der Waals surface area contributed by atoms with Gasteiger partial charge in [0.25, 0.3) is 0 Å². The summed E-state index contributed by atoms with van der Waals surface area (Å²) < 4.78 is 7.86. The Bertz CT molecular complexity index is 554. The Hall–Kier alpha value is -1.72. The van der Waals surface area contributed by atoms with Gasteiger partial charge in [-0.05, 0) is 25.5 Å². The SMILES string of the molecule is CCn1cc([C@@H]2OCC[C@@H]2CNCc2ccccn2)cn1. The predicted octanol–water partition coefficient (Wildman–Crippen LogP) is 2.17. The molecule has 112 valence electrons. The molecule has 0 unspecified atom stereocenters. The minimum Gasteiger partial charge on any atom is -0.373 e. The lowest BCUT2D eigenvalue weighted by molar-refractivity contribution is 0.0903. The van der Waals surface area contributed by atoms with E-state index in [1.54, 1.807) is 0 Å². The highest BCUT2D eigenvalue weighted by atomic mass is 16.5. The molecule has 0 spiro atoms. The maximum atomic E-state index is 5.90. The summed E-state index contributed by atoms with van der Waals surface area (Å²) in [6, 6.07) is 6.00. The number of aryl methyl sites for hydroxylation is 1. The van der Waals surface area contributed by atoms with Gasteiger partial charge in [0.15, 0.2) is 0 Å². The van der Waals surface area contributed by atoms with E-state index in [4.69, 9.17) is 4.74 Å². The zero-order chi connectivity index (χ0) is 14.5. The average molecular weight is 286 g/mol. The van der Waals surface area contributed by atoms with Gasteiger partial charge in [-0.2, -0.15) is 5.10 Å². The number of nitrogens with zero attached hydrogens (tertiary/aromatic N) is 3. The van der Waals surface area contributed by atoms with Crippen LogP contribution in [-0.4, -0.2) is 27.9 Å². The van der Waals surface area contributed by atoms with Crippen molar-refractivity contribution >= 4 is 0 Å². The minimum atomic E-state index is 0.168. The first-order valence-electron chi connectivity index (χ1n) is 7.61. The molecule has 0 bridgehead atoms. The van der Waals surface area contributed by atoms with E-state index < -0.39 is 0 Å². The molecule has 5 heteroatoms. The summed E-state index contributed by atoms with van der Waals surface area (Å²) in [6.07, 6.45) is 7.13. The van der Waals surface area contributed by atoms with Crippen molar-refractivity contribution < 1.29 is 4.74 Å². The molecule has 5 nitrogen and oxygen atoms in total. The fraction of sp³-hybridized carbons (Fsp3) is 0.500. The molecule has 0 aliphatic carbocycles. The second-order valence-corrected chi connectivity index (χ2v) is 5.42. The lowest BCUT2D eigenvalue weighted by atomic mass is 9.97. The Morgan fingerprint density at radius 1 is 1.43 bits per heavy atom. The van der Waals surface area contributed by atoms with Gasteiger partial charge in [0.1, 0.15) is 0 Å². The Balaban J connectivity index is 1.54. The van der Waals surface area contributed by atoms with Gasteiger partial charge in [-0.25, -0.2) is 0 Å². The number of rotatable bonds is 6. The topological polar surface area (TPSA) is 52.0 Å². The van der Waals surface area contributed by atoms with Crippen LogP contribution in [0.3, 0.4) is 0 Å². The second-order valence-electron chi connectivity index (χ2n) is 5.42. The van der Waals surface area contributed by atoms with Crippen LogP contribution in [-0.2, 0) is 17.8 Å². The van der Waals surface area contributed by atoms with Gasteiger partial charge in [0, 0.05) is 50.1 Å². The quantitative estimate of drug-likeness (QED) is 0.884. The van der Waals surface area contributed by atoms with E-state index in [1.807, 2.05) is 35.3 Å². The molecule has 1 saturated heterocycles. The Morgan fingerprint density at radius 3 is 3.14 bits per heavy atom. The van der Waals surface area contributed by atoms with E-state index in [-0.39, 0.29) is 6.10 Å². The third-order valence-electron chi connectivity index (χ3n) is 3.96. The lowest BCUT2D eigenvalue weighted by Crippen LogP contribution is -2.24. The molecule has 3 heterocycles. The predicted molar refractivity (Wildman–Crippen MR) is 80.6 cm³/mol. The summed E-state index contributed by atoms with van der Waals surface area (Å²) in [7, 11) is 0. The van der Waals surface area contributed by atoms with Crippen LogP contribution in [0.15, 0.2) is 36.8 Å². The van der Waals surface area contributed by atoms with Gasteiger partial charge in [-0.15, -0.1) is 0 Å². The zero-order valence-electron chi connectivity index (χ0n) is 12.4. The van der Waals surface area contributed by atoms with Crippen molar-refractivity contribution in [1.29, 1.82) is 0 Å². The Labute approximate surface area is 125 Å². The molecule has 0 amide bonds. The van der Waals surface area contributed by atoms with Crippen molar-refractivity contribution in [3.8, 4) is 0 Å². The summed E-state index contributed by atoms with van der Waals surface area (Å²) in [5.41, 5.74) is 2.27. The standard InChI is InChI=1S/C16H22N4O/c1-2-20-12-14(10-19-20)16-13(6-8-21-16)9-17-11-15-5-3-4-7-18-15/h3-5,7,10,12-13,16-17H,2,6,8-9,11H2,1H3/t13-,16-/m1/s1. The van der Waals surface area contributed by atoms with E-state index in [0.717, 1.165) is 38.4 Å². The van der Waals surface area contributed by atoms with Crippen molar-refractivity contribution in [1.82, 2.24) is 20.1 Å². The molecule has 2 aromatic heterocycles. The number of nitrogens with one attached hydrogen (secondary N) is 1. The van der Waals surface area contributed by atoms with Crippen LogP contribution >= 0.6 is 0 Å². The molecular weight excluding hydrogens is 264 g/mol. The fourth-order valence-corrected chi connectivity index (χ4v) is 2.80. The van der Waals surface area contributed by atoms with Crippen molar-refractivity contribution in [2.45, 2.75) is 32.5 Å². The number of ether oxygens (including phenoxy) is 1. The van der Waals surface area contributed by atoms with E-state index in [1.165, 1.54) is 5.56 Å². The summed E-state index contributed by atoms with van der Waals surface area (Å²) in [5, 5.41) is 7.84. The average Bonchev–Trinajstić information content (AvgIpc) is 3.16. The van der Waals surface area contributed by atoms with Gasteiger partial charge in [-0.3, -0.25) is 9.67 Å². The van der Waals surface area contributed by atoms with E-state index in [2.05, 4.69) is 28.5 Å². The molecule has 2 atom stereocenters.